The quantitative estimate of drug-likeness (QED) is 0.901. The van der Waals surface area contributed by atoms with Crippen LogP contribution in [0.2, 0.25) is 0 Å². The highest BCUT2D eigenvalue weighted by Crippen LogP contribution is 2.37. The molecule has 0 amide bonds. The minimum atomic E-state index is 0.300. The first-order valence-corrected chi connectivity index (χ1v) is 8.19. The van der Waals surface area contributed by atoms with Crippen molar-refractivity contribution in [2.45, 2.75) is 44.3 Å². The van der Waals surface area contributed by atoms with Gasteiger partial charge in [-0.3, -0.25) is 0 Å². The van der Waals surface area contributed by atoms with Crippen LogP contribution in [-0.4, -0.2) is 46.1 Å². The molecular formula is C14H25N5S. The first-order valence-electron chi connectivity index (χ1n) is 7.21. The van der Waals surface area contributed by atoms with Gasteiger partial charge in [0.25, 0.3) is 0 Å². The lowest BCUT2D eigenvalue weighted by atomic mass is 10.1. The Kier molecular flexibility index (Phi) is 4.73. The summed E-state index contributed by atoms with van der Waals surface area (Å²) in [5.74, 6) is 3.82. The van der Waals surface area contributed by atoms with Crippen LogP contribution in [0.3, 0.4) is 0 Å². The molecule has 1 aromatic heterocycles. The summed E-state index contributed by atoms with van der Waals surface area (Å²) in [7, 11) is 3.91. The van der Waals surface area contributed by atoms with Crippen LogP contribution in [0.5, 0.6) is 0 Å². The molecule has 112 valence electrons. The average Bonchev–Trinajstić information content (AvgIpc) is 2.83. The molecule has 0 bridgehead atoms. The minimum absolute atomic E-state index is 0.300. The van der Waals surface area contributed by atoms with E-state index in [2.05, 4.69) is 41.0 Å². The largest absolute Gasteiger partial charge is 0.353 e. The second kappa shape index (κ2) is 6.16. The summed E-state index contributed by atoms with van der Waals surface area (Å²) in [6.07, 6.45) is 2.56. The molecule has 1 aliphatic heterocycles. The summed E-state index contributed by atoms with van der Waals surface area (Å²) in [5, 5.41) is 3.41. The van der Waals surface area contributed by atoms with Gasteiger partial charge in [0.2, 0.25) is 11.9 Å². The van der Waals surface area contributed by atoms with Gasteiger partial charge in [0.05, 0.1) is 0 Å². The zero-order valence-corrected chi connectivity index (χ0v) is 13.9. The number of nitrogens with one attached hydrogen (secondary N) is 1. The molecule has 1 saturated heterocycles. The van der Waals surface area contributed by atoms with Crippen molar-refractivity contribution in [1.29, 1.82) is 0 Å². The highest BCUT2D eigenvalue weighted by Gasteiger charge is 2.29. The van der Waals surface area contributed by atoms with E-state index >= 15 is 0 Å². The van der Waals surface area contributed by atoms with Crippen molar-refractivity contribution in [3.05, 3.63) is 5.82 Å². The summed E-state index contributed by atoms with van der Waals surface area (Å²) in [5.41, 5.74) is 0. The molecule has 0 saturated carbocycles. The molecule has 2 rings (SSSR count). The first kappa shape index (κ1) is 15.4. The standard InChI is InChI=1S/C14H25N5S/c1-10(2)11-16-12(18-13(17-11)19(4)5)15-9-14(3)7-6-8-20-14/h10H,6-9H2,1-5H3,(H,15,16,17,18). The van der Waals surface area contributed by atoms with Crippen LogP contribution in [0.1, 0.15) is 45.4 Å². The first-order chi connectivity index (χ1) is 9.39. The van der Waals surface area contributed by atoms with E-state index < -0.39 is 0 Å². The minimum Gasteiger partial charge on any atom is -0.353 e. The second-order valence-corrected chi connectivity index (χ2v) is 7.80. The van der Waals surface area contributed by atoms with E-state index in [1.165, 1.54) is 18.6 Å². The van der Waals surface area contributed by atoms with Gasteiger partial charge in [-0.1, -0.05) is 13.8 Å². The third-order valence-corrected chi connectivity index (χ3v) is 5.02. The lowest BCUT2D eigenvalue weighted by molar-refractivity contribution is 0.630. The Morgan fingerprint density at radius 3 is 2.60 bits per heavy atom. The summed E-state index contributed by atoms with van der Waals surface area (Å²) < 4.78 is 0.308. The number of hydrogen-bond donors (Lipinski definition) is 1. The number of nitrogens with zero attached hydrogens (tertiary/aromatic N) is 4. The number of aromatic nitrogens is 3. The van der Waals surface area contributed by atoms with Gasteiger partial charge in [-0.25, -0.2) is 0 Å². The SMILES string of the molecule is CC(C)c1nc(NCC2(C)CCCS2)nc(N(C)C)n1. The van der Waals surface area contributed by atoms with Crippen LogP contribution in [0.25, 0.3) is 0 Å². The normalized spacial score (nSPS) is 22.3. The van der Waals surface area contributed by atoms with Gasteiger partial charge in [0.15, 0.2) is 0 Å². The molecule has 2 heterocycles. The fourth-order valence-corrected chi connectivity index (χ4v) is 3.40. The topological polar surface area (TPSA) is 53.9 Å². The molecule has 1 N–H and O–H groups in total. The van der Waals surface area contributed by atoms with Gasteiger partial charge in [-0.05, 0) is 25.5 Å². The van der Waals surface area contributed by atoms with Gasteiger partial charge in [0, 0.05) is 31.3 Å². The van der Waals surface area contributed by atoms with Crippen molar-refractivity contribution < 1.29 is 0 Å². The summed E-state index contributed by atoms with van der Waals surface area (Å²) >= 11 is 2.04. The maximum atomic E-state index is 4.54. The number of thioether (sulfide) groups is 1. The van der Waals surface area contributed by atoms with Gasteiger partial charge in [-0.15, -0.1) is 0 Å². The second-order valence-electron chi connectivity index (χ2n) is 6.12. The fourth-order valence-electron chi connectivity index (χ4n) is 2.16. The highest BCUT2D eigenvalue weighted by molar-refractivity contribution is 8.00. The monoisotopic (exact) mass is 295 g/mol. The summed E-state index contributed by atoms with van der Waals surface area (Å²) in [4.78, 5) is 15.4. The Hall–Kier alpha value is -1.04. The molecule has 0 radical (unpaired) electrons. The third-order valence-electron chi connectivity index (χ3n) is 3.48. The smallest absolute Gasteiger partial charge is 0.229 e. The van der Waals surface area contributed by atoms with E-state index in [1.807, 2.05) is 30.8 Å². The Labute approximate surface area is 126 Å². The van der Waals surface area contributed by atoms with Crippen LogP contribution in [0.4, 0.5) is 11.9 Å². The van der Waals surface area contributed by atoms with Gasteiger partial charge < -0.3 is 10.2 Å². The molecule has 5 nitrogen and oxygen atoms in total. The van der Waals surface area contributed by atoms with E-state index in [1.54, 1.807) is 0 Å². The van der Waals surface area contributed by atoms with Crippen molar-refractivity contribution in [3.8, 4) is 0 Å². The van der Waals surface area contributed by atoms with Crippen molar-refractivity contribution >= 4 is 23.7 Å². The van der Waals surface area contributed by atoms with Gasteiger partial charge >= 0.3 is 0 Å². The number of rotatable bonds is 5. The van der Waals surface area contributed by atoms with Crippen LogP contribution in [0.15, 0.2) is 0 Å². The van der Waals surface area contributed by atoms with E-state index in [-0.39, 0.29) is 0 Å². The molecule has 20 heavy (non-hydrogen) atoms. The fraction of sp³-hybridized carbons (Fsp3) is 0.786. The van der Waals surface area contributed by atoms with Crippen molar-refractivity contribution in [3.63, 3.8) is 0 Å². The zero-order valence-electron chi connectivity index (χ0n) is 13.1. The molecule has 1 atom stereocenters. The van der Waals surface area contributed by atoms with E-state index in [0.29, 0.717) is 16.6 Å². The molecule has 0 aliphatic carbocycles. The predicted octanol–water partition coefficient (Wildman–Crippen LogP) is 2.76. The Morgan fingerprint density at radius 1 is 1.30 bits per heavy atom. The van der Waals surface area contributed by atoms with Gasteiger partial charge in [-0.2, -0.15) is 26.7 Å². The van der Waals surface area contributed by atoms with Crippen molar-refractivity contribution in [1.82, 2.24) is 15.0 Å². The van der Waals surface area contributed by atoms with Crippen LogP contribution >= 0.6 is 11.8 Å². The van der Waals surface area contributed by atoms with E-state index in [0.717, 1.165) is 18.3 Å². The molecule has 1 aromatic rings. The number of hydrogen-bond acceptors (Lipinski definition) is 6. The molecule has 1 fully saturated rings. The van der Waals surface area contributed by atoms with Crippen molar-refractivity contribution in [2.75, 3.05) is 36.6 Å². The number of anilines is 2. The predicted molar refractivity (Wildman–Crippen MR) is 86.8 cm³/mol. The van der Waals surface area contributed by atoms with Crippen molar-refractivity contribution in [2.24, 2.45) is 0 Å². The van der Waals surface area contributed by atoms with E-state index in [4.69, 9.17) is 0 Å². The summed E-state index contributed by atoms with van der Waals surface area (Å²) in [6.45, 7) is 7.43. The molecule has 0 spiro atoms. The molecule has 1 aliphatic rings. The highest BCUT2D eigenvalue weighted by atomic mass is 32.2. The zero-order chi connectivity index (χ0) is 14.8. The lowest BCUT2D eigenvalue weighted by Gasteiger charge is -2.23. The van der Waals surface area contributed by atoms with Crippen LogP contribution < -0.4 is 10.2 Å². The third kappa shape index (κ3) is 3.75. The van der Waals surface area contributed by atoms with Gasteiger partial charge in [0.1, 0.15) is 5.82 Å². The van der Waals surface area contributed by atoms with Crippen LogP contribution in [0, 0.1) is 0 Å². The Bertz CT molecular complexity index is 429. The maximum Gasteiger partial charge on any atom is 0.229 e. The Morgan fingerprint density at radius 2 is 2.05 bits per heavy atom. The molecule has 0 aromatic carbocycles. The maximum absolute atomic E-state index is 4.54. The average molecular weight is 295 g/mol. The van der Waals surface area contributed by atoms with Crippen LogP contribution in [-0.2, 0) is 0 Å². The molecular weight excluding hydrogens is 270 g/mol. The molecule has 1 unspecified atom stereocenters. The molecule has 6 heteroatoms. The Balaban J connectivity index is 2.13. The summed E-state index contributed by atoms with van der Waals surface area (Å²) in [6, 6.07) is 0. The van der Waals surface area contributed by atoms with E-state index in [9.17, 15) is 0 Å². The lowest BCUT2D eigenvalue weighted by Crippen LogP contribution is -2.28.